The van der Waals surface area contributed by atoms with Crippen LogP contribution in [0.25, 0.3) is 0 Å². The number of nitrogens with two attached hydrogens (primary N) is 1. The zero-order chi connectivity index (χ0) is 17.3. The van der Waals surface area contributed by atoms with Gasteiger partial charge in [-0.25, -0.2) is 8.42 Å². The largest absolute Gasteiger partial charge is 0.340 e. The molecular weight excluding hydrogens is 350 g/mol. The molecule has 2 N–H and O–H groups in total. The molecule has 0 spiro atoms. The lowest BCUT2D eigenvalue weighted by Crippen LogP contribution is -2.51. The lowest BCUT2D eigenvalue weighted by molar-refractivity contribution is -0.136. The second-order valence-electron chi connectivity index (χ2n) is 6.43. The first-order valence-electron chi connectivity index (χ1n) is 8.18. The molecule has 132 valence electrons. The monoisotopic (exact) mass is 371 g/mol. The Kier molecular flexibility index (Phi) is 5.15. The van der Waals surface area contributed by atoms with E-state index in [1.54, 1.807) is 23.1 Å². The number of sulfonamides is 1. The van der Waals surface area contributed by atoms with Gasteiger partial charge in [-0.05, 0) is 31.4 Å². The van der Waals surface area contributed by atoms with Crippen molar-refractivity contribution >= 4 is 27.5 Å². The number of piperazine rings is 1. The van der Waals surface area contributed by atoms with Crippen molar-refractivity contribution < 1.29 is 13.2 Å². The van der Waals surface area contributed by atoms with Crippen LogP contribution in [-0.2, 0) is 14.8 Å². The normalized spacial score (nSPS) is 25.8. The summed E-state index contributed by atoms with van der Waals surface area (Å²) in [6, 6.07) is 6.54. The van der Waals surface area contributed by atoms with Gasteiger partial charge >= 0.3 is 0 Å². The molecular formula is C16H22ClN3O3S. The molecule has 0 aromatic heterocycles. The number of rotatable bonds is 3. The Morgan fingerprint density at radius 1 is 1.12 bits per heavy atom. The summed E-state index contributed by atoms with van der Waals surface area (Å²) in [5.74, 6) is 0.101. The molecule has 1 aromatic carbocycles. The predicted octanol–water partition coefficient (Wildman–Crippen LogP) is 1.30. The van der Waals surface area contributed by atoms with Gasteiger partial charge in [-0.2, -0.15) is 4.31 Å². The highest BCUT2D eigenvalue weighted by Crippen LogP contribution is 2.28. The van der Waals surface area contributed by atoms with Gasteiger partial charge in [0.1, 0.15) is 4.90 Å². The van der Waals surface area contributed by atoms with Crippen LogP contribution in [0, 0.1) is 5.92 Å². The van der Waals surface area contributed by atoms with E-state index >= 15 is 0 Å². The van der Waals surface area contributed by atoms with Crippen LogP contribution in [0.5, 0.6) is 0 Å². The molecule has 1 aromatic rings. The van der Waals surface area contributed by atoms with Crippen LogP contribution in [0.3, 0.4) is 0 Å². The molecule has 8 heteroatoms. The summed E-state index contributed by atoms with van der Waals surface area (Å²) in [6.07, 6.45) is 2.45. The van der Waals surface area contributed by atoms with Crippen molar-refractivity contribution in [3.63, 3.8) is 0 Å². The van der Waals surface area contributed by atoms with E-state index in [9.17, 15) is 13.2 Å². The van der Waals surface area contributed by atoms with E-state index in [-0.39, 0.29) is 40.9 Å². The van der Waals surface area contributed by atoms with Crippen molar-refractivity contribution in [3.8, 4) is 0 Å². The molecule has 1 aliphatic heterocycles. The Bertz CT molecular complexity index is 717. The van der Waals surface area contributed by atoms with E-state index in [0.29, 0.717) is 13.1 Å². The van der Waals surface area contributed by atoms with Crippen LogP contribution in [-0.4, -0.2) is 55.8 Å². The van der Waals surface area contributed by atoms with Crippen LogP contribution in [0.2, 0.25) is 5.02 Å². The fourth-order valence-electron chi connectivity index (χ4n) is 3.44. The summed E-state index contributed by atoms with van der Waals surface area (Å²) < 4.78 is 26.8. The van der Waals surface area contributed by atoms with Gasteiger partial charge in [0.25, 0.3) is 0 Å². The third kappa shape index (κ3) is 3.44. The van der Waals surface area contributed by atoms with Gasteiger partial charge in [0.05, 0.1) is 5.02 Å². The van der Waals surface area contributed by atoms with E-state index in [1.807, 2.05) is 0 Å². The standard InChI is InChI=1S/C16H22ClN3O3S/c17-14-3-1-2-4-15(14)24(22,23)20-9-7-19(8-10-20)16(21)12-5-6-13(18)11-12/h1-4,12-13H,5-11,18H2. The average Bonchev–Trinajstić information content (AvgIpc) is 3.01. The Labute approximate surface area is 147 Å². The van der Waals surface area contributed by atoms with Crippen LogP contribution < -0.4 is 5.73 Å². The molecule has 1 saturated carbocycles. The van der Waals surface area contributed by atoms with E-state index in [0.717, 1.165) is 19.3 Å². The molecule has 1 heterocycles. The average molecular weight is 372 g/mol. The highest BCUT2D eigenvalue weighted by Gasteiger charge is 2.35. The first-order valence-corrected chi connectivity index (χ1v) is 10.0. The quantitative estimate of drug-likeness (QED) is 0.868. The molecule has 2 aliphatic rings. The molecule has 24 heavy (non-hydrogen) atoms. The molecule has 2 atom stereocenters. The first kappa shape index (κ1) is 17.7. The summed E-state index contributed by atoms with van der Waals surface area (Å²) >= 11 is 6.02. The zero-order valence-corrected chi connectivity index (χ0v) is 15.0. The fraction of sp³-hybridized carbons (Fsp3) is 0.562. The smallest absolute Gasteiger partial charge is 0.244 e. The van der Waals surface area contributed by atoms with Crippen molar-refractivity contribution in [1.82, 2.24) is 9.21 Å². The summed E-state index contributed by atoms with van der Waals surface area (Å²) in [7, 11) is -3.63. The van der Waals surface area contributed by atoms with Gasteiger partial charge < -0.3 is 10.6 Å². The number of nitrogens with zero attached hydrogens (tertiary/aromatic N) is 2. The number of amides is 1. The van der Waals surface area contributed by atoms with Crippen LogP contribution in [0.4, 0.5) is 0 Å². The second-order valence-corrected chi connectivity index (χ2v) is 8.74. The minimum Gasteiger partial charge on any atom is -0.340 e. The number of halogens is 1. The molecule has 1 amide bonds. The molecule has 1 saturated heterocycles. The minimum atomic E-state index is -3.63. The van der Waals surface area contributed by atoms with E-state index in [4.69, 9.17) is 17.3 Å². The summed E-state index contributed by atoms with van der Waals surface area (Å²) in [6.45, 7) is 1.40. The Balaban J connectivity index is 1.65. The minimum absolute atomic E-state index is 0.00766. The highest BCUT2D eigenvalue weighted by atomic mass is 35.5. The maximum Gasteiger partial charge on any atom is 0.244 e. The van der Waals surface area contributed by atoms with E-state index in [1.165, 1.54) is 10.4 Å². The zero-order valence-electron chi connectivity index (χ0n) is 13.4. The topological polar surface area (TPSA) is 83.7 Å². The molecule has 6 nitrogen and oxygen atoms in total. The van der Waals surface area contributed by atoms with Crippen LogP contribution in [0.1, 0.15) is 19.3 Å². The van der Waals surface area contributed by atoms with Crippen LogP contribution in [0.15, 0.2) is 29.2 Å². The summed E-state index contributed by atoms with van der Waals surface area (Å²) in [5.41, 5.74) is 5.88. The Morgan fingerprint density at radius 3 is 2.38 bits per heavy atom. The molecule has 3 rings (SSSR count). The lowest BCUT2D eigenvalue weighted by atomic mass is 10.1. The third-order valence-electron chi connectivity index (χ3n) is 4.83. The second kappa shape index (κ2) is 7.00. The van der Waals surface area contributed by atoms with Crippen molar-refractivity contribution in [2.24, 2.45) is 11.7 Å². The third-order valence-corrected chi connectivity index (χ3v) is 7.23. The number of hydrogen-bond donors (Lipinski definition) is 1. The number of carbonyl (C=O) groups is 1. The Morgan fingerprint density at radius 2 is 1.79 bits per heavy atom. The van der Waals surface area contributed by atoms with Gasteiger partial charge in [-0.1, -0.05) is 23.7 Å². The van der Waals surface area contributed by atoms with Crippen LogP contribution >= 0.6 is 11.6 Å². The van der Waals surface area contributed by atoms with Gasteiger partial charge in [-0.15, -0.1) is 0 Å². The summed E-state index contributed by atoms with van der Waals surface area (Å²) in [4.78, 5) is 14.4. The number of hydrogen-bond acceptors (Lipinski definition) is 4. The van der Waals surface area contributed by atoms with E-state index < -0.39 is 10.0 Å². The summed E-state index contributed by atoms with van der Waals surface area (Å²) in [5, 5.41) is 0.218. The highest BCUT2D eigenvalue weighted by molar-refractivity contribution is 7.89. The van der Waals surface area contributed by atoms with Gasteiger partial charge in [0, 0.05) is 38.1 Å². The molecule has 1 aliphatic carbocycles. The SMILES string of the molecule is NC1CCC(C(=O)N2CCN(S(=O)(=O)c3ccccc3Cl)CC2)C1. The Hall–Kier alpha value is -1.15. The van der Waals surface area contributed by atoms with Gasteiger partial charge in [-0.3, -0.25) is 4.79 Å². The van der Waals surface area contributed by atoms with Gasteiger partial charge in [0.15, 0.2) is 0 Å². The lowest BCUT2D eigenvalue weighted by Gasteiger charge is -2.35. The molecule has 2 unspecified atom stereocenters. The van der Waals surface area contributed by atoms with Crippen molar-refractivity contribution in [2.75, 3.05) is 26.2 Å². The number of carbonyl (C=O) groups excluding carboxylic acids is 1. The van der Waals surface area contributed by atoms with Crippen molar-refractivity contribution in [2.45, 2.75) is 30.2 Å². The number of benzene rings is 1. The molecule has 0 bridgehead atoms. The van der Waals surface area contributed by atoms with Gasteiger partial charge in [0.2, 0.25) is 15.9 Å². The molecule has 2 fully saturated rings. The van der Waals surface area contributed by atoms with Crippen molar-refractivity contribution in [3.05, 3.63) is 29.3 Å². The van der Waals surface area contributed by atoms with E-state index in [2.05, 4.69) is 0 Å². The maximum atomic E-state index is 12.7. The van der Waals surface area contributed by atoms with Crippen molar-refractivity contribution in [1.29, 1.82) is 0 Å². The predicted molar refractivity (Wildman–Crippen MR) is 92.1 cm³/mol. The molecule has 0 radical (unpaired) electrons. The first-order chi connectivity index (χ1) is 11.4. The maximum absolute atomic E-state index is 12.7. The fourth-order valence-corrected chi connectivity index (χ4v) is 5.36.